The SMILES string of the molecule is CCn1cc(S(=O)(=O)N2CC(C)CC(C)C2)cc1CN. The smallest absolute Gasteiger partial charge is 0.244 e. The van der Waals surface area contributed by atoms with Crippen molar-refractivity contribution in [1.29, 1.82) is 0 Å². The normalized spacial score (nSPS) is 25.0. The number of aromatic nitrogens is 1. The van der Waals surface area contributed by atoms with Gasteiger partial charge in [-0.2, -0.15) is 4.31 Å². The molecule has 6 heteroatoms. The topological polar surface area (TPSA) is 68.3 Å². The highest BCUT2D eigenvalue weighted by Crippen LogP contribution is 2.27. The number of nitrogens with zero attached hydrogens (tertiary/aromatic N) is 2. The first-order valence-corrected chi connectivity index (χ1v) is 8.71. The van der Waals surface area contributed by atoms with Crippen LogP contribution in [-0.4, -0.2) is 30.4 Å². The minimum absolute atomic E-state index is 0.357. The second-order valence-corrected chi connectivity index (χ2v) is 7.86. The van der Waals surface area contributed by atoms with Crippen molar-refractivity contribution in [3.8, 4) is 0 Å². The van der Waals surface area contributed by atoms with Gasteiger partial charge in [-0.3, -0.25) is 0 Å². The van der Waals surface area contributed by atoms with Gasteiger partial charge in [0, 0.05) is 38.1 Å². The lowest BCUT2D eigenvalue weighted by Gasteiger charge is -2.33. The number of hydrogen-bond acceptors (Lipinski definition) is 3. The molecule has 0 amide bonds. The van der Waals surface area contributed by atoms with E-state index in [9.17, 15) is 8.42 Å². The highest BCUT2D eigenvalue weighted by Gasteiger charge is 2.32. The molecule has 5 nitrogen and oxygen atoms in total. The highest BCUT2D eigenvalue weighted by atomic mass is 32.2. The Morgan fingerprint density at radius 3 is 2.35 bits per heavy atom. The Balaban J connectivity index is 2.32. The first-order valence-electron chi connectivity index (χ1n) is 7.27. The zero-order chi connectivity index (χ0) is 14.9. The van der Waals surface area contributed by atoms with Crippen molar-refractivity contribution >= 4 is 10.0 Å². The molecule has 1 aliphatic heterocycles. The fourth-order valence-corrected chi connectivity index (χ4v) is 4.83. The Hall–Kier alpha value is -0.850. The van der Waals surface area contributed by atoms with Crippen LogP contribution in [0.2, 0.25) is 0 Å². The summed E-state index contributed by atoms with van der Waals surface area (Å²) in [6, 6.07) is 1.71. The minimum atomic E-state index is -3.39. The Morgan fingerprint density at radius 2 is 1.90 bits per heavy atom. The monoisotopic (exact) mass is 299 g/mol. The molecule has 0 radical (unpaired) electrons. The lowest BCUT2D eigenvalue weighted by atomic mass is 9.94. The molecule has 2 atom stereocenters. The summed E-state index contributed by atoms with van der Waals surface area (Å²) in [6.45, 7) is 8.52. The van der Waals surface area contributed by atoms with E-state index in [1.165, 1.54) is 0 Å². The average molecular weight is 299 g/mol. The minimum Gasteiger partial charge on any atom is -0.349 e. The Morgan fingerprint density at radius 1 is 1.30 bits per heavy atom. The van der Waals surface area contributed by atoms with E-state index in [0.717, 1.165) is 18.7 Å². The zero-order valence-electron chi connectivity index (χ0n) is 12.5. The van der Waals surface area contributed by atoms with E-state index in [1.54, 1.807) is 16.6 Å². The highest BCUT2D eigenvalue weighted by molar-refractivity contribution is 7.89. The summed E-state index contributed by atoms with van der Waals surface area (Å²) in [5, 5.41) is 0. The molecule has 1 aromatic rings. The molecule has 2 N–H and O–H groups in total. The lowest BCUT2D eigenvalue weighted by Crippen LogP contribution is -2.42. The van der Waals surface area contributed by atoms with Gasteiger partial charge in [0.15, 0.2) is 0 Å². The van der Waals surface area contributed by atoms with Gasteiger partial charge in [-0.15, -0.1) is 0 Å². The third-order valence-corrected chi connectivity index (χ3v) is 5.78. The van der Waals surface area contributed by atoms with Crippen molar-refractivity contribution < 1.29 is 8.42 Å². The van der Waals surface area contributed by atoms with Crippen LogP contribution in [0.15, 0.2) is 17.2 Å². The fourth-order valence-electron chi connectivity index (χ4n) is 3.08. The largest absolute Gasteiger partial charge is 0.349 e. The van der Waals surface area contributed by atoms with Gasteiger partial charge in [-0.25, -0.2) is 8.42 Å². The van der Waals surface area contributed by atoms with Crippen molar-refractivity contribution in [3.05, 3.63) is 18.0 Å². The standard InChI is InChI=1S/C14H25N3O2S/c1-4-16-10-14(6-13(16)7-15)20(18,19)17-8-11(2)5-12(3)9-17/h6,10-12H,4-5,7-9,15H2,1-3H3. The second-order valence-electron chi connectivity index (χ2n) is 5.93. The van der Waals surface area contributed by atoms with Crippen molar-refractivity contribution in [2.24, 2.45) is 17.6 Å². The lowest BCUT2D eigenvalue weighted by molar-refractivity contribution is 0.222. The molecule has 1 aliphatic rings. The van der Waals surface area contributed by atoms with Gasteiger partial charge in [0.05, 0.1) is 0 Å². The van der Waals surface area contributed by atoms with Crippen molar-refractivity contribution in [3.63, 3.8) is 0 Å². The Kier molecular flexibility index (Phi) is 4.56. The van der Waals surface area contributed by atoms with Gasteiger partial charge in [0.2, 0.25) is 10.0 Å². The van der Waals surface area contributed by atoms with Crippen LogP contribution in [0.1, 0.15) is 32.9 Å². The van der Waals surface area contributed by atoms with Crippen LogP contribution in [0.25, 0.3) is 0 Å². The molecule has 20 heavy (non-hydrogen) atoms. The summed E-state index contributed by atoms with van der Waals surface area (Å²) < 4.78 is 29.0. The van der Waals surface area contributed by atoms with Crippen LogP contribution in [0.4, 0.5) is 0 Å². The summed E-state index contributed by atoms with van der Waals surface area (Å²) in [4.78, 5) is 0.376. The molecule has 1 aromatic heterocycles. The molecule has 1 fully saturated rings. The molecule has 0 aliphatic carbocycles. The molecule has 0 saturated carbocycles. The number of aryl methyl sites for hydroxylation is 1. The molecule has 2 heterocycles. The number of nitrogens with two attached hydrogens (primary N) is 1. The van der Waals surface area contributed by atoms with Crippen molar-refractivity contribution in [2.75, 3.05) is 13.1 Å². The molecule has 114 valence electrons. The van der Waals surface area contributed by atoms with Crippen LogP contribution in [-0.2, 0) is 23.1 Å². The van der Waals surface area contributed by atoms with Gasteiger partial charge in [-0.1, -0.05) is 13.8 Å². The van der Waals surface area contributed by atoms with E-state index in [-0.39, 0.29) is 0 Å². The maximum absolute atomic E-state index is 12.7. The van der Waals surface area contributed by atoms with Crippen LogP contribution >= 0.6 is 0 Å². The van der Waals surface area contributed by atoms with E-state index < -0.39 is 10.0 Å². The van der Waals surface area contributed by atoms with Gasteiger partial charge < -0.3 is 10.3 Å². The van der Waals surface area contributed by atoms with Crippen molar-refractivity contribution in [2.45, 2.75) is 45.2 Å². The van der Waals surface area contributed by atoms with Crippen molar-refractivity contribution in [1.82, 2.24) is 8.87 Å². The number of hydrogen-bond donors (Lipinski definition) is 1. The first-order chi connectivity index (χ1) is 9.38. The van der Waals surface area contributed by atoms with E-state index in [1.807, 2.05) is 11.5 Å². The van der Waals surface area contributed by atoms with Crippen LogP contribution in [0.3, 0.4) is 0 Å². The number of sulfonamides is 1. The van der Waals surface area contributed by atoms with E-state index in [0.29, 0.717) is 36.4 Å². The molecule has 2 unspecified atom stereocenters. The van der Waals surface area contributed by atoms with Gasteiger partial charge in [0.1, 0.15) is 4.90 Å². The second kappa shape index (κ2) is 5.87. The zero-order valence-corrected chi connectivity index (χ0v) is 13.4. The molecule has 0 aromatic carbocycles. The molecule has 0 spiro atoms. The Bertz CT molecular complexity index is 533. The third-order valence-electron chi connectivity index (χ3n) is 3.98. The average Bonchev–Trinajstić information content (AvgIpc) is 2.81. The molecule has 0 bridgehead atoms. The summed E-state index contributed by atoms with van der Waals surface area (Å²) >= 11 is 0. The summed E-state index contributed by atoms with van der Waals surface area (Å²) in [7, 11) is -3.39. The maximum Gasteiger partial charge on any atom is 0.244 e. The van der Waals surface area contributed by atoms with Gasteiger partial charge in [0.25, 0.3) is 0 Å². The van der Waals surface area contributed by atoms with E-state index in [4.69, 9.17) is 5.73 Å². The van der Waals surface area contributed by atoms with E-state index in [2.05, 4.69) is 13.8 Å². The molecule has 2 rings (SSSR count). The molecule has 1 saturated heterocycles. The maximum atomic E-state index is 12.7. The van der Waals surface area contributed by atoms with Gasteiger partial charge >= 0.3 is 0 Å². The predicted molar refractivity (Wildman–Crippen MR) is 79.7 cm³/mol. The van der Waals surface area contributed by atoms with Crippen LogP contribution in [0, 0.1) is 11.8 Å². The predicted octanol–water partition coefficient (Wildman–Crippen LogP) is 1.63. The first kappa shape index (κ1) is 15.5. The summed E-state index contributed by atoms with van der Waals surface area (Å²) in [5.74, 6) is 0.825. The van der Waals surface area contributed by atoms with E-state index >= 15 is 0 Å². The van der Waals surface area contributed by atoms with Crippen LogP contribution in [0.5, 0.6) is 0 Å². The third kappa shape index (κ3) is 2.92. The quantitative estimate of drug-likeness (QED) is 0.919. The molecular formula is C14H25N3O2S. The van der Waals surface area contributed by atoms with Gasteiger partial charge in [-0.05, 0) is 31.2 Å². The summed E-state index contributed by atoms with van der Waals surface area (Å²) in [5.41, 5.74) is 6.54. The summed E-state index contributed by atoms with van der Waals surface area (Å²) in [6.07, 6.45) is 2.80. The Labute approximate surface area is 121 Å². The molecular weight excluding hydrogens is 274 g/mol. The number of piperidine rings is 1. The van der Waals surface area contributed by atoms with Crippen LogP contribution < -0.4 is 5.73 Å². The number of rotatable bonds is 4. The fraction of sp³-hybridized carbons (Fsp3) is 0.714.